The molecule has 1 amide bonds. The Morgan fingerprint density at radius 2 is 1.60 bits per heavy atom. The van der Waals surface area contributed by atoms with Gasteiger partial charge in [0.1, 0.15) is 23.9 Å². The smallest absolute Gasteiger partial charge is 0.252 e. The Kier molecular flexibility index (Phi) is 7.70. The minimum absolute atomic E-state index is 0.187. The summed E-state index contributed by atoms with van der Waals surface area (Å²) < 4.78 is 11.4. The van der Waals surface area contributed by atoms with E-state index in [1.165, 1.54) is 0 Å². The number of hydrogen-bond acceptors (Lipinski definition) is 3. The number of ether oxygens (including phenoxy) is 2. The Labute approximate surface area is 177 Å². The van der Waals surface area contributed by atoms with Crippen molar-refractivity contribution < 1.29 is 14.3 Å². The highest BCUT2D eigenvalue weighted by molar-refractivity contribution is 5.94. The molecule has 0 spiro atoms. The Balaban J connectivity index is 1.43. The maximum absolute atomic E-state index is 12.2. The Hall–Kier alpha value is -3.97. The minimum atomic E-state index is -0.187. The molecule has 0 unspecified atom stereocenters. The molecule has 0 fully saturated rings. The van der Waals surface area contributed by atoms with Crippen molar-refractivity contribution in [2.75, 3.05) is 13.2 Å². The van der Waals surface area contributed by atoms with Gasteiger partial charge in [0, 0.05) is 5.56 Å². The van der Waals surface area contributed by atoms with E-state index in [1.807, 2.05) is 60.7 Å². The molecule has 3 aromatic carbocycles. The average molecular weight is 397 g/mol. The largest absolute Gasteiger partial charge is 0.481 e. The summed E-state index contributed by atoms with van der Waals surface area (Å²) in [5.74, 6) is 7.85. The molecule has 0 aliphatic rings. The van der Waals surface area contributed by atoms with E-state index < -0.39 is 0 Å². The molecule has 0 radical (unpaired) electrons. The van der Waals surface area contributed by atoms with Gasteiger partial charge in [0.2, 0.25) is 0 Å². The number of hydrogen-bond donors (Lipinski definition) is 1. The number of para-hydroxylation sites is 2. The highest BCUT2D eigenvalue weighted by Crippen LogP contribution is 2.21. The van der Waals surface area contributed by atoms with Crippen molar-refractivity contribution in [3.05, 3.63) is 103 Å². The lowest BCUT2D eigenvalue weighted by atomic mass is 10.1. The van der Waals surface area contributed by atoms with Gasteiger partial charge in [-0.25, -0.2) is 0 Å². The summed E-state index contributed by atoms with van der Waals surface area (Å²) in [5.41, 5.74) is 1.62. The van der Waals surface area contributed by atoms with Crippen molar-refractivity contribution in [1.29, 1.82) is 0 Å². The number of rotatable bonds is 8. The van der Waals surface area contributed by atoms with E-state index in [9.17, 15) is 4.79 Å². The fourth-order valence-electron chi connectivity index (χ4n) is 2.72. The van der Waals surface area contributed by atoms with Crippen LogP contribution in [0, 0.1) is 11.8 Å². The lowest BCUT2D eigenvalue weighted by Crippen LogP contribution is -2.23. The summed E-state index contributed by atoms with van der Waals surface area (Å²) in [7, 11) is 0. The Morgan fingerprint density at radius 3 is 2.37 bits per heavy atom. The van der Waals surface area contributed by atoms with Gasteiger partial charge in [0.15, 0.2) is 0 Å². The highest BCUT2D eigenvalue weighted by Gasteiger charge is 2.05. The number of carbonyl (C=O) groups is 1. The predicted molar refractivity (Wildman–Crippen MR) is 119 cm³/mol. The van der Waals surface area contributed by atoms with Gasteiger partial charge in [0.25, 0.3) is 5.91 Å². The fourth-order valence-corrected chi connectivity index (χ4v) is 2.72. The average Bonchev–Trinajstić information content (AvgIpc) is 2.78. The quantitative estimate of drug-likeness (QED) is 0.429. The first-order valence-electron chi connectivity index (χ1n) is 9.65. The van der Waals surface area contributed by atoms with Crippen molar-refractivity contribution in [2.24, 2.45) is 0 Å². The molecule has 0 heterocycles. The second kappa shape index (κ2) is 11.1. The normalized spacial score (nSPS) is 9.73. The molecule has 0 aromatic heterocycles. The zero-order valence-electron chi connectivity index (χ0n) is 16.6. The van der Waals surface area contributed by atoms with Crippen molar-refractivity contribution in [1.82, 2.24) is 5.32 Å². The standard InChI is InChI=1S/C26H23NO3/c1-2-10-21-11-6-7-14-25(21)29-20-9-8-19-27-26(28)22-15-17-24(18-16-22)30-23-12-4-3-5-13-23/h2-7,11-18H,1,10,19-20H2,(H,27,28). The summed E-state index contributed by atoms with van der Waals surface area (Å²) in [5, 5.41) is 2.78. The molecule has 0 aliphatic heterocycles. The first-order chi connectivity index (χ1) is 14.8. The van der Waals surface area contributed by atoms with Crippen LogP contribution < -0.4 is 14.8 Å². The van der Waals surface area contributed by atoms with Gasteiger partial charge in [-0.05, 0) is 54.4 Å². The third-order valence-electron chi connectivity index (χ3n) is 4.19. The van der Waals surface area contributed by atoms with Crippen molar-refractivity contribution in [3.63, 3.8) is 0 Å². The van der Waals surface area contributed by atoms with E-state index in [1.54, 1.807) is 24.3 Å². The minimum Gasteiger partial charge on any atom is -0.481 e. The van der Waals surface area contributed by atoms with Crippen LogP contribution in [0.25, 0.3) is 0 Å². The van der Waals surface area contributed by atoms with Gasteiger partial charge in [0.05, 0.1) is 6.54 Å². The molecule has 3 rings (SSSR count). The Bertz CT molecular complexity index is 1030. The molecular formula is C26H23NO3. The van der Waals surface area contributed by atoms with Crippen LogP contribution in [0.1, 0.15) is 15.9 Å². The molecule has 4 heteroatoms. The lowest BCUT2D eigenvalue weighted by Gasteiger charge is -2.07. The first kappa shape index (κ1) is 20.8. The monoisotopic (exact) mass is 397 g/mol. The maximum Gasteiger partial charge on any atom is 0.252 e. The van der Waals surface area contributed by atoms with Crippen molar-refractivity contribution >= 4 is 5.91 Å². The number of allylic oxidation sites excluding steroid dienone is 1. The molecule has 4 nitrogen and oxygen atoms in total. The number of amides is 1. The number of nitrogens with one attached hydrogen (secondary N) is 1. The highest BCUT2D eigenvalue weighted by atomic mass is 16.5. The molecule has 0 saturated carbocycles. The van der Waals surface area contributed by atoms with Crippen LogP contribution in [0.15, 0.2) is 91.5 Å². The molecule has 0 atom stereocenters. The summed E-state index contributed by atoms with van der Waals surface area (Å²) in [6.07, 6.45) is 2.58. The summed E-state index contributed by atoms with van der Waals surface area (Å²) in [4.78, 5) is 12.2. The summed E-state index contributed by atoms with van der Waals surface area (Å²) >= 11 is 0. The van der Waals surface area contributed by atoms with Crippen molar-refractivity contribution in [3.8, 4) is 29.1 Å². The van der Waals surface area contributed by atoms with Gasteiger partial charge in [-0.3, -0.25) is 4.79 Å². The third kappa shape index (κ3) is 6.29. The van der Waals surface area contributed by atoms with Gasteiger partial charge >= 0.3 is 0 Å². The van der Waals surface area contributed by atoms with Crippen LogP contribution in [-0.2, 0) is 6.42 Å². The Morgan fingerprint density at radius 1 is 0.900 bits per heavy atom. The molecule has 150 valence electrons. The predicted octanol–water partition coefficient (Wildman–Crippen LogP) is 5.02. The van der Waals surface area contributed by atoms with Crippen LogP contribution >= 0.6 is 0 Å². The molecule has 1 N–H and O–H groups in total. The zero-order valence-corrected chi connectivity index (χ0v) is 16.6. The lowest BCUT2D eigenvalue weighted by molar-refractivity contribution is 0.0958. The van der Waals surface area contributed by atoms with Crippen molar-refractivity contribution in [2.45, 2.75) is 6.42 Å². The van der Waals surface area contributed by atoms with E-state index in [-0.39, 0.29) is 19.1 Å². The second-order valence-electron chi connectivity index (χ2n) is 6.36. The molecule has 0 aliphatic carbocycles. The van der Waals surface area contributed by atoms with E-state index in [0.29, 0.717) is 11.3 Å². The second-order valence-corrected chi connectivity index (χ2v) is 6.36. The van der Waals surface area contributed by atoms with Gasteiger partial charge in [-0.1, -0.05) is 54.3 Å². The molecule has 0 bridgehead atoms. The number of benzene rings is 3. The zero-order chi connectivity index (χ0) is 21.0. The molecule has 0 saturated heterocycles. The third-order valence-corrected chi connectivity index (χ3v) is 4.19. The van der Waals surface area contributed by atoms with Crippen LogP contribution in [0.5, 0.6) is 17.2 Å². The van der Waals surface area contributed by atoms with E-state index in [2.05, 4.69) is 23.7 Å². The van der Waals surface area contributed by atoms with E-state index in [4.69, 9.17) is 9.47 Å². The maximum atomic E-state index is 12.2. The summed E-state index contributed by atoms with van der Waals surface area (Å²) in [6.45, 7) is 4.26. The molecule has 3 aromatic rings. The van der Waals surface area contributed by atoms with Crippen LogP contribution in [-0.4, -0.2) is 19.1 Å². The first-order valence-corrected chi connectivity index (χ1v) is 9.65. The van der Waals surface area contributed by atoms with E-state index in [0.717, 1.165) is 23.5 Å². The van der Waals surface area contributed by atoms with Gasteiger partial charge < -0.3 is 14.8 Å². The van der Waals surface area contributed by atoms with Gasteiger partial charge in [-0.15, -0.1) is 6.58 Å². The van der Waals surface area contributed by atoms with E-state index >= 15 is 0 Å². The van der Waals surface area contributed by atoms with Crippen LogP contribution in [0.2, 0.25) is 0 Å². The van der Waals surface area contributed by atoms with Gasteiger partial charge in [-0.2, -0.15) is 0 Å². The topological polar surface area (TPSA) is 47.6 Å². The molecule has 30 heavy (non-hydrogen) atoms. The fraction of sp³-hybridized carbons (Fsp3) is 0.115. The molecular weight excluding hydrogens is 374 g/mol. The number of carbonyl (C=O) groups excluding carboxylic acids is 1. The SMILES string of the molecule is C=CCc1ccccc1OCC#CCNC(=O)c1ccc(Oc2ccccc2)cc1. The van der Waals surface area contributed by atoms with Crippen LogP contribution in [0.3, 0.4) is 0 Å². The summed E-state index contributed by atoms with van der Waals surface area (Å²) in [6, 6.07) is 24.3. The van der Waals surface area contributed by atoms with Crippen LogP contribution in [0.4, 0.5) is 0 Å².